The first kappa shape index (κ1) is 16.2. The summed E-state index contributed by atoms with van der Waals surface area (Å²) in [5, 5.41) is 9.21. The van der Waals surface area contributed by atoms with Crippen molar-refractivity contribution in [2.75, 3.05) is 26.2 Å². The Labute approximate surface area is 145 Å². The van der Waals surface area contributed by atoms with E-state index >= 15 is 0 Å². The van der Waals surface area contributed by atoms with Gasteiger partial charge in [0.05, 0.1) is 11.0 Å². The van der Waals surface area contributed by atoms with Crippen molar-refractivity contribution in [3.8, 4) is 0 Å². The van der Waals surface area contributed by atoms with Crippen LogP contribution in [0.3, 0.4) is 0 Å². The molecule has 2 N–H and O–H groups in total. The number of fused-ring (bicyclic) bond motifs is 1. The number of amides is 1. The number of rotatable bonds is 2. The van der Waals surface area contributed by atoms with Crippen LogP contribution in [0.25, 0.3) is 11.0 Å². The summed E-state index contributed by atoms with van der Waals surface area (Å²) in [6.07, 6.45) is 1.86. The molecule has 1 unspecified atom stereocenters. The van der Waals surface area contributed by atoms with E-state index in [1.54, 1.807) is 0 Å². The van der Waals surface area contributed by atoms with E-state index < -0.39 is 6.09 Å². The number of aromatic amines is 1. The smallest absolute Gasteiger partial charge is 0.407 e. The van der Waals surface area contributed by atoms with Crippen molar-refractivity contribution < 1.29 is 9.90 Å². The molecule has 1 aromatic carbocycles. The van der Waals surface area contributed by atoms with Gasteiger partial charge in [0, 0.05) is 37.8 Å². The van der Waals surface area contributed by atoms with Gasteiger partial charge in [-0.3, -0.25) is 9.47 Å². The molecular weight excluding hydrogens is 320 g/mol. The van der Waals surface area contributed by atoms with Crippen molar-refractivity contribution in [2.24, 2.45) is 0 Å². The second kappa shape index (κ2) is 5.91. The number of imidazole rings is 1. The standard InChI is InChI=1S/C18H24N4O3/c1-18(8-11-20(12-18)17(24)25)21-9-6-13(7-10-21)22-15-5-3-2-4-14(15)19-16(22)23/h2-5,13H,6-12H2,1H3,(H,19,23)(H,24,25). The maximum absolute atomic E-state index is 12.4. The maximum Gasteiger partial charge on any atom is 0.407 e. The van der Waals surface area contributed by atoms with Gasteiger partial charge in [0.2, 0.25) is 0 Å². The van der Waals surface area contributed by atoms with E-state index in [1.807, 2.05) is 28.8 Å². The van der Waals surface area contributed by atoms with Crippen LogP contribution in [0, 0.1) is 0 Å². The maximum atomic E-state index is 12.4. The zero-order valence-corrected chi connectivity index (χ0v) is 14.4. The molecule has 7 heteroatoms. The largest absolute Gasteiger partial charge is 0.465 e. The number of carbonyl (C=O) groups is 1. The van der Waals surface area contributed by atoms with E-state index in [-0.39, 0.29) is 17.3 Å². The highest BCUT2D eigenvalue weighted by Gasteiger charge is 2.42. The fourth-order valence-corrected chi connectivity index (χ4v) is 4.47. The fourth-order valence-electron chi connectivity index (χ4n) is 4.47. The predicted molar refractivity (Wildman–Crippen MR) is 95.0 cm³/mol. The van der Waals surface area contributed by atoms with Crippen LogP contribution < -0.4 is 5.69 Å². The molecule has 0 spiro atoms. The second-order valence-corrected chi connectivity index (χ2v) is 7.49. The highest BCUT2D eigenvalue weighted by molar-refractivity contribution is 5.75. The molecule has 25 heavy (non-hydrogen) atoms. The number of aromatic nitrogens is 2. The SMILES string of the molecule is CC1(N2CCC(n3c(=O)[nH]c4ccccc43)CC2)CCN(C(=O)O)C1. The van der Waals surface area contributed by atoms with Gasteiger partial charge in [0.25, 0.3) is 0 Å². The van der Waals surface area contributed by atoms with Gasteiger partial charge in [-0.1, -0.05) is 12.1 Å². The molecule has 2 saturated heterocycles. The van der Waals surface area contributed by atoms with E-state index in [1.165, 1.54) is 4.90 Å². The van der Waals surface area contributed by atoms with Crippen molar-refractivity contribution in [1.29, 1.82) is 0 Å². The zero-order valence-electron chi connectivity index (χ0n) is 14.4. The highest BCUT2D eigenvalue weighted by atomic mass is 16.4. The minimum absolute atomic E-state index is 0.0382. The molecule has 2 aliphatic rings. The topological polar surface area (TPSA) is 81.6 Å². The second-order valence-electron chi connectivity index (χ2n) is 7.49. The molecule has 0 aliphatic carbocycles. The molecule has 2 fully saturated rings. The van der Waals surface area contributed by atoms with Crippen LogP contribution in [0.5, 0.6) is 0 Å². The molecule has 1 amide bonds. The molecule has 7 nitrogen and oxygen atoms in total. The van der Waals surface area contributed by atoms with Crippen LogP contribution in [-0.4, -0.2) is 62.3 Å². The van der Waals surface area contributed by atoms with Gasteiger partial charge in [-0.15, -0.1) is 0 Å². The average molecular weight is 344 g/mol. The number of nitrogens with one attached hydrogen (secondary N) is 1. The number of piperidine rings is 1. The van der Waals surface area contributed by atoms with Gasteiger partial charge in [-0.2, -0.15) is 0 Å². The summed E-state index contributed by atoms with van der Waals surface area (Å²) in [6, 6.07) is 8.01. The number of H-pyrrole nitrogens is 1. The highest BCUT2D eigenvalue weighted by Crippen LogP contribution is 2.33. The van der Waals surface area contributed by atoms with Gasteiger partial charge in [0.1, 0.15) is 0 Å². The molecule has 134 valence electrons. The van der Waals surface area contributed by atoms with E-state index in [0.717, 1.165) is 43.4 Å². The summed E-state index contributed by atoms with van der Waals surface area (Å²) in [4.78, 5) is 30.4. The first-order valence-electron chi connectivity index (χ1n) is 8.90. The number of hydrogen-bond donors (Lipinski definition) is 2. The van der Waals surface area contributed by atoms with Gasteiger partial charge < -0.3 is 15.0 Å². The number of hydrogen-bond acceptors (Lipinski definition) is 3. The first-order chi connectivity index (χ1) is 12.0. The Morgan fingerprint density at radius 1 is 1.24 bits per heavy atom. The van der Waals surface area contributed by atoms with Gasteiger partial charge in [-0.25, -0.2) is 9.59 Å². The van der Waals surface area contributed by atoms with Crippen molar-refractivity contribution in [1.82, 2.24) is 19.4 Å². The molecule has 0 radical (unpaired) electrons. The van der Waals surface area contributed by atoms with Crippen LogP contribution in [0.1, 0.15) is 32.2 Å². The van der Waals surface area contributed by atoms with Crippen LogP contribution in [-0.2, 0) is 0 Å². The summed E-state index contributed by atoms with van der Waals surface area (Å²) in [6.45, 7) is 5.11. The molecular formula is C18H24N4O3. The average Bonchev–Trinajstić information content (AvgIpc) is 3.16. The minimum atomic E-state index is -0.830. The zero-order chi connectivity index (χ0) is 17.6. The third-order valence-electron chi connectivity index (χ3n) is 5.94. The summed E-state index contributed by atoms with van der Waals surface area (Å²) in [5.41, 5.74) is 1.72. The van der Waals surface area contributed by atoms with Gasteiger partial charge >= 0.3 is 11.8 Å². The molecule has 2 aliphatic heterocycles. The van der Waals surface area contributed by atoms with Gasteiger partial charge in [0.15, 0.2) is 0 Å². The molecule has 3 heterocycles. The molecule has 4 rings (SSSR count). The van der Waals surface area contributed by atoms with Crippen LogP contribution in [0.4, 0.5) is 4.79 Å². The van der Waals surface area contributed by atoms with E-state index in [2.05, 4.69) is 16.8 Å². The lowest BCUT2D eigenvalue weighted by molar-refractivity contribution is 0.0682. The predicted octanol–water partition coefficient (Wildman–Crippen LogP) is 2.11. The Hall–Kier alpha value is -2.28. The van der Waals surface area contributed by atoms with E-state index in [4.69, 9.17) is 0 Å². The van der Waals surface area contributed by atoms with Crippen molar-refractivity contribution >= 4 is 17.1 Å². The quantitative estimate of drug-likeness (QED) is 0.874. The fraction of sp³-hybridized carbons (Fsp3) is 0.556. The molecule has 1 atom stereocenters. The minimum Gasteiger partial charge on any atom is -0.465 e. The van der Waals surface area contributed by atoms with Crippen molar-refractivity contribution in [3.05, 3.63) is 34.7 Å². The third-order valence-corrected chi connectivity index (χ3v) is 5.94. The Morgan fingerprint density at radius 2 is 1.96 bits per heavy atom. The monoisotopic (exact) mass is 344 g/mol. The molecule has 1 aromatic heterocycles. The van der Waals surface area contributed by atoms with Crippen molar-refractivity contribution in [3.63, 3.8) is 0 Å². The molecule has 2 aromatic rings. The Balaban J connectivity index is 1.49. The lowest BCUT2D eigenvalue weighted by Gasteiger charge is -2.42. The summed E-state index contributed by atoms with van der Waals surface area (Å²) >= 11 is 0. The normalized spacial score (nSPS) is 25.7. The number of nitrogens with zero attached hydrogens (tertiary/aromatic N) is 3. The van der Waals surface area contributed by atoms with E-state index in [0.29, 0.717) is 13.1 Å². The van der Waals surface area contributed by atoms with Gasteiger partial charge in [-0.05, 0) is 38.3 Å². The molecule has 0 saturated carbocycles. The van der Waals surface area contributed by atoms with Crippen LogP contribution >= 0.6 is 0 Å². The van der Waals surface area contributed by atoms with E-state index in [9.17, 15) is 14.7 Å². The Kier molecular flexibility index (Phi) is 3.83. The van der Waals surface area contributed by atoms with Crippen LogP contribution in [0.2, 0.25) is 0 Å². The summed E-state index contributed by atoms with van der Waals surface area (Å²) < 4.78 is 1.90. The summed E-state index contributed by atoms with van der Waals surface area (Å²) in [5.74, 6) is 0. The number of carboxylic acid groups (broad SMARTS) is 1. The Morgan fingerprint density at radius 3 is 2.64 bits per heavy atom. The Bertz CT molecular complexity index is 849. The lowest BCUT2D eigenvalue weighted by atomic mass is 9.94. The van der Waals surface area contributed by atoms with Crippen LogP contribution in [0.15, 0.2) is 29.1 Å². The number of likely N-dealkylation sites (tertiary alicyclic amines) is 2. The number of benzene rings is 1. The third kappa shape index (κ3) is 2.72. The lowest BCUT2D eigenvalue weighted by Crippen LogP contribution is -2.52. The summed E-state index contributed by atoms with van der Waals surface area (Å²) in [7, 11) is 0. The number of para-hydroxylation sites is 2. The van der Waals surface area contributed by atoms with Crippen molar-refractivity contribution in [2.45, 2.75) is 37.8 Å². The first-order valence-corrected chi connectivity index (χ1v) is 8.90. The molecule has 0 bridgehead atoms.